The predicted octanol–water partition coefficient (Wildman–Crippen LogP) is 1.86. The van der Waals surface area contributed by atoms with Crippen LogP contribution in [0.25, 0.3) is 6.08 Å². The highest BCUT2D eigenvalue weighted by atomic mass is 16.6. The van der Waals surface area contributed by atoms with Gasteiger partial charge in [0.05, 0.1) is 17.6 Å². The summed E-state index contributed by atoms with van der Waals surface area (Å²) in [6.07, 6.45) is 2.86. The monoisotopic (exact) mass is 378 g/mol. The normalized spacial score (nSPS) is 12.9. The predicted molar refractivity (Wildman–Crippen MR) is 96.5 cm³/mol. The van der Waals surface area contributed by atoms with E-state index in [0.29, 0.717) is 6.42 Å². The second-order valence-corrected chi connectivity index (χ2v) is 5.71. The van der Waals surface area contributed by atoms with E-state index in [2.05, 4.69) is 10.1 Å². The van der Waals surface area contributed by atoms with Gasteiger partial charge in [0.2, 0.25) is 0 Å². The largest absolute Gasteiger partial charge is 0.467 e. The average Bonchev–Trinajstić information content (AvgIpc) is 2.67. The maximum Gasteiger partial charge on any atom is 0.331 e. The van der Waals surface area contributed by atoms with Gasteiger partial charge < -0.3 is 14.8 Å². The van der Waals surface area contributed by atoms with Crippen LogP contribution in [0.2, 0.25) is 0 Å². The molecule has 0 fully saturated rings. The van der Waals surface area contributed by atoms with Crippen molar-refractivity contribution in [3.05, 3.63) is 46.0 Å². The Kier molecular flexibility index (Phi) is 8.64. The lowest BCUT2D eigenvalue weighted by molar-refractivity contribution is -0.385. The number of para-hydroxylation sites is 1. The molecule has 0 unspecified atom stereocenters. The molecule has 0 aliphatic carbocycles. The molecule has 27 heavy (non-hydrogen) atoms. The third-order valence-corrected chi connectivity index (χ3v) is 3.86. The SMILES string of the molecule is CC[C@@H](C)[C@@H](NC(=O)COC(=O)/C=C/c1ccccc1[N+](=O)[O-])C(=O)OC. The van der Waals surface area contributed by atoms with Crippen molar-refractivity contribution >= 4 is 29.6 Å². The molecule has 1 aromatic carbocycles. The van der Waals surface area contributed by atoms with E-state index in [1.165, 1.54) is 31.4 Å². The molecule has 0 saturated carbocycles. The molecule has 0 aliphatic rings. The van der Waals surface area contributed by atoms with Crippen LogP contribution in [-0.4, -0.2) is 42.5 Å². The Morgan fingerprint density at radius 3 is 2.56 bits per heavy atom. The first kappa shape index (κ1) is 21.8. The van der Waals surface area contributed by atoms with Crippen LogP contribution in [0.4, 0.5) is 5.69 Å². The fraction of sp³-hybridized carbons (Fsp3) is 0.389. The Balaban J connectivity index is 2.62. The van der Waals surface area contributed by atoms with Gasteiger partial charge in [0.1, 0.15) is 6.04 Å². The number of methoxy groups -OCH3 is 1. The molecule has 0 heterocycles. The van der Waals surface area contributed by atoms with E-state index in [1.54, 1.807) is 13.0 Å². The van der Waals surface area contributed by atoms with Crippen molar-refractivity contribution < 1.29 is 28.8 Å². The molecule has 0 bridgehead atoms. The first-order valence-corrected chi connectivity index (χ1v) is 8.25. The quantitative estimate of drug-likeness (QED) is 0.301. The molecule has 1 aromatic rings. The van der Waals surface area contributed by atoms with Gasteiger partial charge in [0, 0.05) is 12.1 Å². The summed E-state index contributed by atoms with van der Waals surface area (Å²) in [6, 6.07) is 5.04. The number of nitro benzene ring substituents is 1. The van der Waals surface area contributed by atoms with E-state index in [9.17, 15) is 24.5 Å². The molecule has 1 amide bonds. The molecule has 9 heteroatoms. The number of nitrogens with one attached hydrogen (secondary N) is 1. The number of hydrogen-bond donors (Lipinski definition) is 1. The molecule has 2 atom stereocenters. The maximum atomic E-state index is 11.9. The van der Waals surface area contributed by atoms with Crippen molar-refractivity contribution in [2.45, 2.75) is 26.3 Å². The van der Waals surface area contributed by atoms with Gasteiger partial charge in [-0.25, -0.2) is 9.59 Å². The molecule has 146 valence electrons. The molecular weight excluding hydrogens is 356 g/mol. The van der Waals surface area contributed by atoms with Crippen molar-refractivity contribution in [1.82, 2.24) is 5.32 Å². The summed E-state index contributed by atoms with van der Waals surface area (Å²) in [4.78, 5) is 45.7. The van der Waals surface area contributed by atoms with Crippen molar-refractivity contribution in [2.75, 3.05) is 13.7 Å². The Labute approximate surface area is 156 Å². The van der Waals surface area contributed by atoms with Gasteiger partial charge >= 0.3 is 11.9 Å². The number of nitro groups is 1. The molecule has 0 aromatic heterocycles. The topological polar surface area (TPSA) is 125 Å². The van der Waals surface area contributed by atoms with E-state index in [4.69, 9.17) is 4.74 Å². The van der Waals surface area contributed by atoms with Gasteiger partial charge in [-0.15, -0.1) is 0 Å². The fourth-order valence-corrected chi connectivity index (χ4v) is 2.15. The van der Waals surface area contributed by atoms with Gasteiger partial charge in [0.25, 0.3) is 11.6 Å². The minimum atomic E-state index is -0.846. The number of nitrogens with zero attached hydrogens (tertiary/aromatic N) is 1. The highest BCUT2D eigenvalue weighted by molar-refractivity contribution is 5.91. The molecule has 9 nitrogen and oxygen atoms in total. The van der Waals surface area contributed by atoms with Crippen LogP contribution in [0.1, 0.15) is 25.8 Å². The lowest BCUT2D eigenvalue weighted by atomic mass is 9.99. The zero-order valence-corrected chi connectivity index (χ0v) is 15.3. The highest BCUT2D eigenvalue weighted by Crippen LogP contribution is 2.18. The van der Waals surface area contributed by atoms with Gasteiger partial charge in [-0.1, -0.05) is 32.4 Å². The summed E-state index contributed by atoms with van der Waals surface area (Å²) in [5, 5.41) is 13.4. The van der Waals surface area contributed by atoms with Crippen LogP contribution < -0.4 is 5.32 Å². The number of ether oxygens (including phenoxy) is 2. The standard InChI is InChI=1S/C18H22N2O7/c1-4-12(2)17(18(23)26-3)19-15(21)11-27-16(22)10-9-13-7-5-6-8-14(13)20(24)25/h5-10,12,17H,4,11H2,1-3H3,(H,19,21)/b10-9+/t12-,17-/m1/s1. The van der Waals surface area contributed by atoms with Gasteiger partial charge in [-0.3, -0.25) is 14.9 Å². The molecule has 0 aliphatic heterocycles. The van der Waals surface area contributed by atoms with Crippen LogP contribution in [0.5, 0.6) is 0 Å². The van der Waals surface area contributed by atoms with Gasteiger partial charge in [-0.05, 0) is 18.1 Å². The Morgan fingerprint density at radius 1 is 1.30 bits per heavy atom. The summed E-state index contributed by atoms with van der Waals surface area (Å²) < 4.78 is 9.45. The molecule has 1 rings (SSSR count). The van der Waals surface area contributed by atoms with Crippen molar-refractivity contribution in [3.8, 4) is 0 Å². The van der Waals surface area contributed by atoms with E-state index in [-0.39, 0.29) is 17.2 Å². The van der Waals surface area contributed by atoms with Crippen molar-refractivity contribution in [3.63, 3.8) is 0 Å². The van der Waals surface area contributed by atoms with Crippen molar-refractivity contribution in [2.24, 2.45) is 5.92 Å². The fourth-order valence-electron chi connectivity index (χ4n) is 2.15. The Bertz CT molecular complexity index is 730. The molecule has 1 N–H and O–H groups in total. The number of amides is 1. The number of carbonyl (C=O) groups is 3. The number of hydrogen-bond acceptors (Lipinski definition) is 7. The number of carbonyl (C=O) groups excluding carboxylic acids is 3. The number of rotatable bonds is 9. The van der Waals surface area contributed by atoms with Crippen LogP contribution in [0, 0.1) is 16.0 Å². The molecule has 0 spiro atoms. The Hall–Kier alpha value is -3.23. The lowest BCUT2D eigenvalue weighted by Crippen LogP contribution is -2.47. The zero-order chi connectivity index (χ0) is 20.4. The highest BCUT2D eigenvalue weighted by Gasteiger charge is 2.26. The first-order valence-electron chi connectivity index (χ1n) is 8.25. The average molecular weight is 378 g/mol. The first-order chi connectivity index (χ1) is 12.8. The van der Waals surface area contributed by atoms with Crippen LogP contribution in [0.15, 0.2) is 30.3 Å². The minimum absolute atomic E-state index is 0.157. The van der Waals surface area contributed by atoms with E-state index in [1.807, 2.05) is 6.92 Å². The molecular formula is C18H22N2O7. The van der Waals surface area contributed by atoms with E-state index >= 15 is 0 Å². The number of esters is 2. The summed E-state index contributed by atoms with van der Waals surface area (Å²) >= 11 is 0. The smallest absolute Gasteiger partial charge is 0.331 e. The van der Waals surface area contributed by atoms with E-state index in [0.717, 1.165) is 6.08 Å². The third-order valence-electron chi connectivity index (χ3n) is 3.86. The summed E-state index contributed by atoms with van der Waals surface area (Å²) in [7, 11) is 1.22. The summed E-state index contributed by atoms with van der Waals surface area (Å²) in [6.45, 7) is 3.05. The molecule has 0 saturated heterocycles. The number of benzene rings is 1. The maximum absolute atomic E-state index is 11.9. The van der Waals surface area contributed by atoms with Crippen LogP contribution in [0.3, 0.4) is 0 Å². The summed E-state index contributed by atoms with van der Waals surface area (Å²) in [5.74, 6) is -2.24. The molecule has 0 radical (unpaired) electrons. The second kappa shape index (κ2) is 10.7. The van der Waals surface area contributed by atoms with Gasteiger partial charge in [-0.2, -0.15) is 0 Å². The van der Waals surface area contributed by atoms with Crippen LogP contribution >= 0.6 is 0 Å². The van der Waals surface area contributed by atoms with Crippen molar-refractivity contribution in [1.29, 1.82) is 0 Å². The second-order valence-electron chi connectivity index (χ2n) is 5.71. The third kappa shape index (κ3) is 6.89. The summed E-state index contributed by atoms with van der Waals surface area (Å²) in [5.41, 5.74) is 0.0696. The Morgan fingerprint density at radius 2 is 1.96 bits per heavy atom. The lowest BCUT2D eigenvalue weighted by Gasteiger charge is -2.21. The van der Waals surface area contributed by atoms with Crippen LogP contribution in [-0.2, 0) is 23.9 Å². The van der Waals surface area contributed by atoms with E-state index < -0.39 is 35.4 Å². The minimum Gasteiger partial charge on any atom is -0.467 e. The zero-order valence-electron chi connectivity index (χ0n) is 15.3. The van der Waals surface area contributed by atoms with Gasteiger partial charge in [0.15, 0.2) is 6.61 Å².